The number of amides is 1. The highest BCUT2D eigenvalue weighted by atomic mass is 16.5. The Morgan fingerprint density at radius 1 is 1.14 bits per heavy atom. The highest BCUT2D eigenvalue weighted by molar-refractivity contribution is 5.83. The fourth-order valence-electron chi connectivity index (χ4n) is 3.06. The maximum absolute atomic E-state index is 12.7. The van der Waals surface area contributed by atoms with Crippen molar-refractivity contribution in [2.75, 3.05) is 13.1 Å². The third kappa shape index (κ3) is 3.83. The number of carbonyl (C=O) groups excluding carboxylic acids is 1. The van der Waals surface area contributed by atoms with Crippen molar-refractivity contribution in [2.45, 2.75) is 51.9 Å². The number of carbonyl (C=O) groups is 1. The quantitative estimate of drug-likeness (QED) is 0.910. The molecule has 0 bridgehead atoms. The summed E-state index contributed by atoms with van der Waals surface area (Å²) in [7, 11) is 0. The molecule has 1 heterocycles. The molecule has 4 heteroatoms. The van der Waals surface area contributed by atoms with Crippen LogP contribution in [0.2, 0.25) is 0 Å². The molecule has 1 saturated heterocycles. The molecule has 1 aromatic carbocycles. The summed E-state index contributed by atoms with van der Waals surface area (Å²) in [4.78, 5) is 14.5. The van der Waals surface area contributed by atoms with Crippen LogP contribution in [-0.4, -0.2) is 35.1 Å². The summed E-state index contributed by atoms with van der Waals surface area (Å²) in [5.41, 5.74) is 7.46. The number of hydrogen-bond acceptors (Lipinski definition) is 3. The number of aryl methyl sites for hydroxylation is 1. The van der Waals surface area contributed by atoms with E-state index in [0.29, 0.717) is 13.1 Å². The first-order chi connectivity index (χ1) is 9.60. The summed E-state index contributed by atoms with van der Waals surface area (Å²) in [6.45, 7) is 11.2. The Bertz CT molecular complexity index is 504. The molecule has 0 saturated carbocycles. The minimum atomic E-state index is -0.615. The SMILES string of the molecule is Cc1ccc(C(N)C(=O)N2CC(C)(C)OC(C)(C)C2)cc1. The fraction of sp³-hybridized carbons (Fsp3) is 0.588. The minimum absolute atomic E-state index is 0.0386. The lowest BCUT2D eigenvalue weighted by atomic mass is 9.97. The Kier molecular flexibility index (Phi) is 4.13. The Morgan fingerprint density at radius 3 is 2.10 bits per heavy atom. The molecule has 116 valence electrons. The monoisotopic (exact) mass is 290 g/mol. The molecule has 1 atom stereocenters. The smallest absolute Gasteiger partial charge is 0.244 e. The van der Waals surface area contributed by atoms with Gasteiger partial charge < -0.3 is 15.4 Å². The maximum Gasteiger partial charge on any atom is 0.244 e. The van der Waals surface area contributed by atoms with Crippen molar-refractivity contribution in [1.29, 1.82) is 0 Å². The number of morpholine rings is 1. The second kappa shape index (κ2) is 5.43. The van der Waals surface area contributed by atoms with Gasteiger partial charge in [-0.15, -0.1) is 0 Å². The van der Waals surface area contributed by atoms with E-state index < -0.39 is 6.04 Å². The van der Waals surface area contributed by atoms with Crippen molar-refractivity contribution in [3.63, 3.8) is 0 Å². The van der Waals surface area contributed by atoms with Gasteiger partial charge in [-0.3, -0.25) is 4.79 Å². The summed E-state index contributed by atoms with van der Waals surface area (Å²) in [6, 6.07) is 7.20. The van der Waals surface area contributed by atoms with E-state index in [2.05, 4.69) is 0 Å². The summed E-state index contributed by atoms with van der Waals surface area (Å²) < 4.78 is 6.01. The highest BCUT2D eigenvalue weighted by Crippen LogP contribution is 2.29. The van der Waals surface area contributed by atoms with Gasteiger partial charge in [0.25, 0.3) is 0 Å². The van der Waals surface area contributed by atoms with Gasteiger partial charge in [0.05, 0.1) is 11.2 Å². The summed E-state index contributed by atoms with van der Waals surface area (Å²) in [5.74, 6) is -0.0386. The fourth-order valence-corrected chi connectivity index (χ4v) is 3.06. The molecule has 1 aliphatic rings. The zero-order valence-electron chi connectivity index (χ0n) is 13.6. The number of ether oxygens (including phenoxy) is 1. The van der Waals surface area contributed by atoms with E-state index in [9.17, 15) is 4.79 Å². The summed E-state index contributed by atoms with van der Waals surface area (Å²) >= 11 is 0. The van der Waals surface area contributed by atoms with Crippen LogP contribution in [0.1, 0.15) is 44.9 Å². The van der Waals surface area contributed by atoms with Crippen LogP contribution < -0.4 is 5.73 Å². The molecule has 0 spiro atoms. The first-order valence-electron chi connectivity index (χ1n) is 7.41. The molecular weight excluding hydrogens is 264 g/mol. The van der Waals surface area contributed by atoms with E-state index in [-0.39, 0.29) is 17.1 Å². The van der Waals surface area contributed by atoms with Gasteiger partial charge in [-0.25, -0.2) is 0 Å². The van der Waals surface area contributed by atoms with Crippen LogP contribution in [0.25, 0.3) is 0 Å². The second-order valence-corrected chi connectivity index (χ2v) is 7.20. The van der Waals surface area contributed by atoms with Crippen molar-refractivity contribution in [3.05, 3.63) is 35.4 Å². The van der Waals surface area contributed by atoms with E-state index >= 15 is 0 Å². The van der Waals surface area contributed by atoms with Crippen LogP contribution in [-0.2, 0) is 9.53 Å². The van der Waals surface area contributed by atoms with Crippen molar-refractivity contribution in [2.24, 2.45) is 5.73 Å². The number of hydrogen-bond donors (Lipinski definition) is 1. The van der Waals surface area contributed by atoms with Gasteiger partial charge >= 0.3 is 0 Å². The molecule has 0 aliphatic carbocycles. The van der Waals surface area contributed by atoms with Gasteiger partial charge in [-0.05, 0) is 40.2 Å². The van der Waals surface area contributed by atoms with Crippen LogP contribution in [0.4, 0.5) is 0 Å². The lowest BCUT2D eigenvalue weighted by Crippen LogP contribution is -2.59. The predicted octanol–water partition coefficient (Wildman–Crippen LogP) is 2.41. The molecule has 1 fully saturated rings. The number of benzene rings is 1. The van der Waals surface area contributed by atoms with E-state index in [4.69, 9.17) is 10.5 Å². The van der Waals surface area contributed by atoms with Crippen molar-refractivity contribution >= 4 is 5.91 Å². The molecule has 1 aliphatic heterocycles. The Balaban J connectivity index is 2.17. The van der Waals surface area contributed by atoms with Gasteiger partial charge in [0.1, 0.15) is 6.04 Å². The first-order valence-corrected chi connectivity index (χ1v) is 7.41. The second-order valence-electron chi connectivity index (χ2n) is 7.20. The molecule has 21 heavy (non-hydrogen) atoms. The van der Waals surface area contributed by atoms with Gasteiger partial charge in [0.2, 0.25) is 5.91 Å². The molecule has 2 rings (SSSR count). The average molecular weight is 290 g/mol. The summed E-state index contributed by atoms with van der Waals surface area (Å²) in [5, 5.41) is 0. The lowest BCUT2D eigenvalue weighted by Gasteiger charge is -2.47. The Morgan fingerprint density at radius 2 is 1.62 bits per heavy atom. The first kappa shape index (κ1) is 16.0. The van der Waals surface area contributed by atoms with Crippen LogP contribution in [0.15, 0.2) is 24.3 Å². The van der Waals surface area contributed by atoms with Crippen molar-refractivity contribution in [1.82, 2.24) is 4.90 Å². The Hall–Kier alpha value is -1.39. The van der Waals surface area contributed by atoms with Crippen molar-refractivity contribution < 1.29 is 9.53 Å². The molecule has 0 radical (unpaired) electrons. The normalized spacial score (nSPS) is 21.9. The third-order valence-corrected chi connectivity index (χ3v) is 3.71. The lowest BCUT2D eigenvalue weighted by molar-refractivity contribution is -0.188. The molecule has 1 unspecified atom stereocenters. The average Bonchev–Trinajstić information content (AvgIpc) is 2.34. The predicted molar refractivity (Wildman–Crippen MR) is 83.9 cm³/mol. The largest absolute Gasteiger partial charge is 0.366 e. The molecule has 1 aromatic rings. The highest BCUT2D eigenvalue weighted by Gasteiger charge is 2.41. The van der Waals surface area contributed by atoms with Crippen LogP contribution in [0.5, 0.6) is 0 Å². The van der Waals surface area contributed by atoms with Gasteiger partial charge in [-0.2, -0.15) is 0 Å². The van der Waals surface area contributed by atoms with Gasteiger partial charge in [-0.1, -0.05) is 29.8 Å². The van der Waals surface area contributed by atoms with Crippen molar-refractivity contribution in [3.8, 4) is 0 Å². The number of nitrogens with two attached hydrogens (primary N) is 1. The molecule has 1 amide bonds. The molecular formula is C17H26N2O2. The van der Waals surface area contributed by atoms with Crippen LogP contribution in [0, 0.1) is 6.92 Å². The molecule has 0 aromatic heterocycles. The molecule has 2 N–H and O–H groups in total. The zero-order valence-corrected chi connectivity index (χ0v) is 13.6. The number of rotatable bonds is 2. The van der Waals surface area contributed by atoms with Crippen LogP contribution in [0.3, 0.4) is 0 Å². The minimum Gasteiger partial charge on any atom is -0.366 e. The standard InChI is InChI=1S/C17H26N2O2/c1-12-6-8-13(9-7-12)14(18)15(20)19-10-16(2,3)21-17(4,5)11-19/h6-9,14H,10-11,18H2,1-5H3. The van der Waals surface area contributed by atoms with Gasteiger partial charge in [0, 0.05) is 13.1 Å². The van der Waals surface area contributed by atoms with Gasteiger partial charge in [0.15, 0.2) is 0 Å². The third-order valence-electron chi connectivity index (χ3n) is 3.71. The van der Waals surface area contributed by atoms with E-state index in [1.54, 1.807) is 0 Å². The van der Waals surface area contributed by atoms with E-state index in [0.717, 1.165) is 11.1 Å². The topological polar surface area (TPSA) is 55.6 Å². The Labute approximate surface area is 127 Å². The number of nitrogens with zero attached hydrogens (tertiary/aromatic N) is 1. The molecule has 4 nitrogen and oxygen atoms in total. The zero-order chi connectivity index (χ0) is 15.8. The van der Waals surface area contributed by atoms with Crippen LogP contribution >= 0.6 is 0 Å². The van der Waals surface area contributed by atoms with E-state index in [1.807, 2.05) is 63.8 Å². The maximum atomic E-state index is 12.7. The summed E-state index contributed by atoms with van der Waals surface area (Å²) in [6.07, 6.45) is 0. The van der Waals surface area contributed by atoms with E-state index in [1.165, 1.54) is 0 Å².